The van der Waals surface area contributed by atoms with E-state index in [-0.39, 0.29) is 18.9 Å². The quantitative estimate of drug-likeness (QED) is 0.232. The fraction of sp³-hybridized carbons (Fsp3) is 0.513. The van der Waals surface area contributed by atoms with Crippen LogP contribution in [0.4, 0.5) is 4.79 Å². The van der Waals surface area contributed by atoms with Crippen LogP contribution in [0.25, 0.3) is 22.2 Å². The number of aliphatic carboxylic acids is 1. The molecule has 1 saturated carbocycles. The van der Waals surface area contributed by atoms with Gasteiger partial charge in [0.2, 0.25) is 11.8 Å². The van der Waals surface area contributed by atoms with Gasteiger partial charge >= 0.3 is 12.1 Å². The van der Waals surface area contributed by atoms with Crippen LogP contribution in [0.15, 0.2) is 54.6 Å². The second-order valence-electron chi connectivity index (χ2n) is 15.6. The first-order chi connectivity index (χ1) is 24.0. The van der Waals surface area contributed by atoms with Crippen LogP contribution in [-0.2, 0) is 19.1 Å². The molecule has 2 aromatic carbocycles. The molecule has 1 saturated heterocycles. The van der Waals surface area contributed by atoms with Gasteiger partial charge in [-0.2, -0.15) is 0 Å². The number of fused-ring (bicyclic) bond motifs is 1. The summed E-state index contributed by atoms with van der Waals surface area (Å²) in [5, 5.41) is 16.5. The van der Waals surface area contributed by atoms with Gasteiger partial charge in [0.25, 0.3) is 0 Å². The van der Waals surface area contributed by atoms with Crippen molar-refractivity contribution in [3.63, 3.8) is 0 Å². The summed E-state index contributed by atoms with van der Waals surface area (Å²) in [6.07, 6.45) is 0.230. The number of hydrogen-bond donors (Lipinski definition) is 3. The van der Waals surface area contributed by atoms with Crippen LogP contribution in [0, 0.1) is 11.3 Å². The normalized spacial score (nSPS) is 22.4. The number of pyridine rings is 1. The minimum atomic E-state index is -1.41. The summed E-state index contributed by atoms with van der Waals surface area (Å²) < 4.78 is 17.6. The van der Waals surface area contributed by atoms with Gasteiger partial charge in [-0.25, -0.2) is 14.6 Å². The van der Waals surface area contributed by atoms with E-state index in [0.717, 1.165) is 5.56 Å². The molecular formula is C39H50N4O8. The Morgan fingerprint density at radius 1 is 1.04 bits per heavy atom. The van der Waals surface area contributed by atoms with Crippen LogP contribution >= 0.6 is 0 Å². The van der Waals surface area contributed by atoms with E-state index >= 15 is 0 Å². The number of hydrogen-bond acceptors (Lipinski definition) is 8. The van der Waals surface area contributed by atoms with Crippen molar-refractivity contribution in [2.45, 2.75) is 103 Å². The molecule has 3 N–H and O–H groups in total. The number of nitrogens with one attached hydrogen (secondary N) is 2. The minimum absolute atomic E-state index is 0.0113. The Morgan fingerprint density at radius 3 is 2.31 bits per heavy atom. The Balaban J connectivity index is 1.52. The highest BCUT2D eigenvalue weighted by molar-refractivity contribution is 5.95. The molecule has 2 unspecified atom stereocenters. The Kier molecular flexibility index (Phi) is 10.6. The first-order valence-corrected chi connectivity index (χ1v) is 17.5. The zero-order valence-electron chi connectivity index (χ0n) is 30.7. The molecule has 5 atom stereocenters. The number of aromatic nitrogens is 1. The van der Waals surface area contributed by atoms with Gasteiger partial charge in [0.1, 0.15) is 40.8 Å². The van der Waals surface area contributed by atoms with Crippen molar-refractivity contribution in [1.29, 1.82) is 0 Å². The van der Waals surface area contributed by atoms with E-state index in [2.05, 4.69) is 10.6 Å². The highest BCUT2D eigenvalue weighted by Crippen LogP contribution is 2.42. The Hall–Kier alpha value is -4.87. The molecule has 2 aliphatic rings. The number of amides is 3. The van der Waals surface area contributed by atoms with Crippen LogP contribution in [0.1, 0.15) is 74.1 Å². The summed E-state index contributed by atoms with van der Waals surface area (Å²) in [5.41, 5.74) is -0.812. The third-order valence-electron chi connectivity index (χ3n) is 9.77. The van der Waals surface area contributed by atoms with Gasteiger partial charge in [0.15, 0.2) is 0 Å². The van der Waals surface area contributed by atoms with E-state index in [1.807, 2.05) is 82.3 Å². The molecule has 3 aromatic rings. The van der Waals surface area contributed by atoms with E-state index in [9.17, 15) is 24.3 Å². The molecular weight excluding hydrogens is 652 g/mol. The van der Waals surface area contributed by atoms with Crippen molar-refractivity contribution >= 4 is 34.8 Å². The number of nitrogens with zero attached hydrogens (tertiary/aromatic N) is 2. The zero-order valence-corrected chi connectivity index (χ0v) is 30.7. The van der Waals surface area contributed by atoms with Crippen molar-refractivity contribution in [2.24, 2.45) is 11.3 Å². The number of ether oxygens (including phenoxy) is 3. The standard InChI is InChI=1S/C39H50N4O8/c1-9-24-17-18-39(24,35(46)47)42-33(44)30-20-26(22-43(30)34(45)32(37(2,3)4)41-36(48)51-38(5,6)7)50-31-21-28(23-13-11-10-12-14-23)40-29-19-25(49-8)15-16-27(29)31/h10-16,19,21,24,26,30,32H,9,17-18,20,22H2,1-8H3,(H,41,48)(H,42,44)(H,46,47)/t24?,26-,30+,32-,39?/m1/s1. The van der Waals surface area contributed by atoms with Crippen molar-refractivity contribution in [3.05, 3.63) is 54.6 Å². The summed E-state index contributed by atoms with van der Waals surface area (Å²) >= 11 is 0. The number of carboxylic acids is 1. The minimum Gasteiger partial charge on any atom is -0.497 e. The topological polar surface area (TPSA) is 156 Å². The summed E-state index contributed by atoms with van der Waals surface area (Å²) in [6, 6.07) is 14.8. The Morgan fingerprint density at radius 2 is 1.75 bits per heavy atom. The van der Waals surface area contributed by atoms with Gasteiger partial charge in [0, 0.05) is 29.5 Å². The number of benzene rings is 2. The predicted octanol–water partition coefficient (Wildman–Crippen LogP) is 5.96. The molecule has 12 nitrogen and oxygen atoms in total. The molecule has 0 bridgehead atoms. The molecule has 12 heteroatoms. The molecule has 5 rings (SSSR count). The first kappa shape index (κ1) is 37.4. The third kappa shape index (κ3) is 8.05. The molecule has 2 heterocycles. The van der Waals surface area contributed by atoms with Crippen molar-refractivity contribution < 1.29 is 38.5 Å². The fourth-order valence-electron chi connectivity index (χ4n) is 6.94. The van der Waals surface area contributed by atoms with E-state index in [0.29, 0.717) is 47.4 Å². The van der Waals surface area contributed by atoms with E-state index in [1.54, 1.807) is 27.9 Å². The van der Waals surface area contributed by atoms with Crippen LogP contribution < -0.4 is 20.1 Å². The third-order valence-corrected chi connectivity index (χ3v) is 9.77. The van der Waals surface area contributed by atoms with Crippen molar-refractivity contribution in [2.75, 3.05) is 13.7 Å². The maximum absolute atomic E-state index is 14.5. The summed E-state index contributed by atoms with van der Waals surface area (Å²) in [6.45, 7) is 12.5. The number of alkyl carbamates (subject to hydrolysis) is 1. The number of carbonyl (C=O) groups excluding carboxylic acids is 3. The summed E-state index contributed by atoms with van der Waals surface area (Å²) in [4.78, 5) is 60.5. The molecule has 274 valence electrons. The fourth-order valence-corrected chi connectivity index (χ4v) is 6.94. The Labute approximate surface area is 299 Å². The van der Waals surface area contributed by atoms with Crippen LogP contribution in [0.3, 0.4) is 0 Å². The summed E-state index contributed by atoms with van der Waals surface area (Å²) in [7, 11) is 1.58. The van der Waals surface area contributed by atoms with Gasteiger partial charge < -0.3 is 34.9 Å². The average molecular weight is 703 g/mol. The lowest BCUT2D eigenvalue weighted by atomic mass is 9.65. The lowest BCUT2D eigenvalue weighted by molar-refractivity contribution is -0.158. The lowest BCUT2D eigenvalue weighted by Gasteiger charge is -2.47. The first-order valence-electron chi connectivity index (χ1n) is 17.5. The molecule has 0 spiro atoms. The number of carbonyl (C=O) groups is 4. The largest absolute Gasteiger partial charge is 0.497 e. The molecule has 1 aromatic heterocycles. The number of carboxylic acid groups (broad SMARTS) is 1. The van der Waals surface area contributed by atoms with Gasteiger partial charge in [-0.15, -0.1) is 0 Å². The highest BCUT2D eigenvalue weighted by atomic mass is 16.6. The lowest BCUT2D eigenvalue weighted by Crippen LogP contribution is -2.67. The van der Waals surface area contributed by atoms with Crippen LogP contribution in [0.2, 0.25) is 0 Å². The maximum atomic E-state index is 14.5. The number of methoxy groups -OCH3 is 1. The van der Waals surface area contributed by atoms with Gasteiger partial charge in [0.05, 0.1) is 24.9 Å². The van der Waals surface area contributed by atoms with Crippen molar-refractivity contribution in [3.8, 4) is 22.8 Å². The van der Waals surface area contributed by atoms with Gasteiger partial charge in [-0.05, 0) is 57.1 Å². The smallest absolute Gasteiger partial charge is 0.408 e. The second-order valence-corrected chi connectivity index (χ2v) is 15.6. The van der Waals surface area contributed by atoms with E-state index in [1.165, 1.54) is 4.90 Å². The molecule has 0 radical (unpaired) electrons. The second kappa shape index (κ2) is 14.4. The Bertz CT molecular complexity index is 1780. The molecule has 1 aliphatic heterocycles. The molecule has 1 aliphatic carbocycles. The molecule has 3 amide bonds. The molecule has 51 heavy (non-hydrogen) atoms. The van der Waals surface area contributed by atoms with Crippen LogP contribution in [0.5, 0.6) is 11.5 Å². The van der Waals surface area contributed by atoms with Gasteiger partial charge in [-0.1, -0.05) is 64.4 Å². The SMILES string of the molecule is CCC1CCC1(NC(=O)[C@@H]1C[C@@H](Oc2cc(-c3ccccc3)nc3cc(OC)ccc23)CN1C(=O)[C@@H](NC(=O)OC(C)(C)C)C(C)(C)C)C(=O)O. The molecule has 2 fully saturated rings. The number of likely N-dealkylation sites (tertiary alicyclic amines) is 1. The monoisotopic (exact) mass is 702 g/mol. The van der Waals surface area contributed by atoms with Crippen molar-refractivity contribution in [1.82, 2.24) is 20.5 Å². The van der Waals surface area contributed by atoms with Gasteiger partial charge in [-0.3, -0.25) is 9.59 Å². The zero-order chi connectivity index (χ0) is 37.3. The predicted molar refractivity (Wildman–Crippen MR) is 192 cm³/mol. The summed E-state index contributed by atoms with van der Waals surface area (Å²) in [5.74, 6) is -1.27. The highest BCUT2D eigenvalue weighted by Gasteiger charge is 2.55. The van der Waals surface area contributed by atoms with Crippen LogP contribution in [-0.4, -0.2) is 81.8 Å². The van der Waals surface area contributed by atoms with E-state index < -0.39 is 58.6 Å². The van der Waals surface area contributed by atoms with E-state index in [4.69, 9.17) is 19.2 Å². The number of rotatable bonds is 10. The maximum Gasteiger partial charge on any atom is 0.408 e. The average Bonchev–Trinajstić information content (AvgIpc) is 3.48.